The van der Waals surface area contributed by atoms with Crippen LogP contribution in [0.4, 0.5) is 39.8 Å². The van der Waals surface area contributed by atoms with Gasteiger partial charge in [0.05, 0.1) is 136 Å². The van der Waals surface area contributed by atoms with Crippen LogP contribution < -0.4 is 68.3 Å². The van der Waals surface area contributed by atoms with E-state index in [9.17, 15) is 71.9 Å². The maximum Gasteiger partial charge on any atom is 0.242 e. The molecule has 132 heavy (non-hydrogen) atoms. The van der Waals surface area contributed by atoms with Gasteiger partial charge in [-0.1, -0.05) is 60.7 Å². The van der Waals surface area contributed by atoms with E-state index in [0.29, 0.717) is 70.2 Å². The van der Waals surface area contributed by atoms with E-state index in [0.717, 1.165) is 85.8 Å². The van der Waals surface area contributed by atoms with Gasteiger partial charge in [0.1, 0.15) is 27.1 Å². The Kier molecular flexibility index (Phi) is 25.2. The first-order valence-corrected chi connectivity index (χ1v) is 45.3. The minimum Gasteiger partial charge on any atom is -0.372 e. The number of hydrogen-bond donors (Lipinski definition) is 8. The van der Waals surface area contributed by atoms with E-state index in [2.05, 4.69) is 74.1 Å². The van der Waals surface area contributed by atoms with E-state index in [1.807, 2.05) is 129 Å². The fourth-order valence-electron chi connectivity index (χ4n) is 24.2. The van der Waals surface area contributed by atoms with Crippen molar-refractivity contribution in [3.63, 3.8) is 0 Å². The van der Waals surface area contributed by atoms with Crippen LogP contribution in [0.15, 0.2) is 91.0 Å². The molecule has 35 nitrogen and oxygen atoms in total. The number of aryl methyl sites for hydroxylation is 1. The zero-order chi connectivity index (χ0) is 94.6. The van der Waals surface area contributed by atoms with E-state index >= 15 is 0 Å². The summed E-state index contributed by atoms with van der Waals surface area (Å²) >= 11 is 0. The molecule has 0 radical (unpaired) electrons. The minimum atomic E-state index is -1.37. The van der Waals surface area contributed by atoms with Gasteiger partial charge in [-0.25, -0.2) is 9.69 Å². The highest BCUT2D eigenvalue weighted by molar-refractivity contribution is 6.26. The fraction of sp³-hybridized carbons (Fsp3) is 0.515. The highest BCUT2D eigenvalue weighted by Gasteiger charge is 2.68. The number of fused-ring (bicyclic) bond motifs is 20. The van der Waals surface area contributed by atoms with E-state index < -0.39 is 116 Å². The number of ether oxygens (including phenoxy) is 5. The number of carbonyl (C=O) groups excluding carboxylic acids is 15. The van der Waals surface area contributed by atoms with Crippen molar-refractivity contribution in [2.24, 2.45) is 44.3 Å². The molecule has 15 aliphatic rings. The number of rotatable bonds is 5. The Morgan fingerprint density at radius 3 is 0.879 bits per heavy atom. The Hall–Kier alpha value is -12.2. The average molecular weight is 1810 g/mol. The normalized spacial score (nSPS) is 33.2. The molecular weight excluding hydrogens is 1700 g/mol. The number of anilines is 5. The number of hydrogen-bond acceptors (Lipinski definition) is 28. The first-order valence-electron chi connectivity index (χ1n) is 45.3. The van der Waals surface area contributed by atoms with Crippen LogP contribution in [0.5, 0.6) is 0 Å². The molecule has 10 fully saturated rings. The van der Waals surface area contributed by atoms with Crippen LogP contribution >= 0.6 is 0 Å². The number of morpholine rings is 5. The highest BCUT2D eigenvalue weighted by Crippen LogP contribution is 2.55. The number of amides is 10. The second kappa shape index (κ2) is 35.7. The second-order valence-corrected chi connectivity index (χ2v) is 37.9. The Balaban J connectivity index is 0.000000120. The van der Waals surface area contributed by atoms with Crippen molar-refractivity contribution < 1.29 is 95.6 Å². The molecule has 10 saturated heterocycles. The number of nitrogens with two attached hydrogens (primary N) is 3. The predicted octanol–water partition coefficient (Wildman–Crippen LogP) is 4.04. The fourth-order valence-corrected chi connectivity index (χ4v) is 24.2. The zero-order valence-electron chi connectivity index (χ0n) is 75.5. The van der Waals surface area contributed by atoms with Crippen molar-refractivity contribution in [2.75, 3.05) is 63.8 Å². The molecule has 10 amide bonds. The summed E-state index contributed by atoms with van der Waals surface area (Å²) in [6.45, 7) is 38.0. The number of imide groups is 5. The van der Waals surface area contributed by atoms with Gasteiger partial charge >= 0.3 is 0 Å². The Morgan fingerprint density at radius 1 is 0.318 bits per heavy atom. The van der Waals surface area contributed by atoms with Crippen LogP contribution in [0, 0.1) is 40.2 Å². The molecule has 15 heterocycles. The third kappa shape index (κ3) is 15.7. The van der Waals surface area contributed by atoms with Crippen molar-refractivity contribution in [1.82, 2.24) is 26.6 Å². The van der Waals surface area contributed by atoms with Gasteiger partial charge < -0.3 is 65.4 Å². The quantitative estimate of drug-likeness (QED) is 0.0699. The van der Waals surface area contributed by atoms with Crippen LogP contribution in [-0.2, 0) is 147 Å². The monoisotopic (exact) mass is 1810 g/mol. The first-order chi connectivity index (χ1) is 62.8. The lowest BCUT2D eigenvalue weighted by Gasteiger charge is -2.55. The molecule has 20 rings (SSSR count). The summed E-state index contributed by atoms with van der Waals surface area (Å²) in [7, 11) is 0. The summed E-state index contributed by atoms with van der Waals surface area (Å²) in [6.07, 6.45) is -0.355. The molecule has 5 aromatic rings. The van der Waals surface area contributed by atoms with Crippen molar-refractivity contribution in [3.05, 3.63) is 158 Å². The Labute approximate surface area is 763 Å². The van der Waals surface area contributed by atoms with Gasteiger partial charge in [-0.15, -0.1) is 0 Å². The van der Waals surface area contributed by atoms with E-state index in [4.69, 9.17) is 54.0 Å². The van der Waals surface area contributed by atoms with Crippen molar-refractivity contribution in [1.29, 1.82) is 0 Å². The van der Waals surface area contributed by atoms with Gasteiger partial charge in [0.15, 0.2) is 40.3 Å². The van der Waals surface area contributed by atoms with E-state index in [-0.39, 0.29) is 148 Å². The standard InChI is InChI=1S/C21H27N3O4.2C19H19N3O4.2C19H23N3O4/c1-12-11-24-16-6-5-14(4-3-7-22)8-15(16)10-21(19(24)13(2)28-12)17(25)9-18(26)23-20(21)27;1-10-9-22-14-5-4-13(20-3)6-12(14)8-19(17(22)11(2)26-10)15(23)7-16(24)21-18(19)25;1-10-9-22-14-6-13(20-3)5-4-12(14)8-19(17(22)11(2)26-10)15(23)7-16(24)21-18(19)25;1-10-9-22-14-4-3-12(8-20)5-13(14)7-19(17(22)11(2)26-10)15(23)6-16(24)21-18(19)25;1-10-9-22-14-5-12(8-20)3-4-13(14)7-19(17(22)11(2)26-10)15(23)6-16(24)21-18(19)25/h5-6,8,12-13,19H,3-4,7,9-11,22H2,1-2H3,(H,23,26,27);2*4-6,10-11,17H,7-9H2,1-2H3,(H,21,24,25);2*3-5,10-11,17H,6-9,20H2,1-2H3,(H,21,24,25)/t12-,13+,19-,21?;4*10-,11+,17-,19?/m11111/s1. The number of Topliss-reactive ketones (excluding diaryl/α,β-unsaturated/α-hetero) is 5. The molecule has 20 atom stereocenters. The van der Waals surface area contributed by atoms with Crippen molar-refractivity contribution in [3.8, 4) is 0 Å². The summed E-state index contributed by atoms with van der Waals surface area (Å²) in [5.41, 5.74) is 24.0. The van der Waals surface area contributed by atoms with Gasteiger partial charge in [0.25, 0.3) is 0 Å². The van der Waals surface area contributed by atoms with Crippen LogP contribution in [-0.4, -0.2) is 219 Å². The van der Waals surface area contributed by atoms with Crippen LogP contribution in [0.2, 0.25) is 0 Å². The van der Waals surface area contributed by atoms with Crippen molar-refractivity contribution in [2.45, 2.75) is 251 Å². The number of ketones is 5. The summed E-state index contributed by atoms with van der Waals surface area (Å²) in [4.78, 5) is 206. The lowest BCUT2D eigenvalue weighted by atomic mass is 9.63. The molecule has 694 valence electrons. The smallest absolute Gasteiger partial charge is 0.242 e. The molecule has 11 N–H and O–H groups in total. The van der Waals surface area contributed by atoms with Gasteiger partial charge in [0, 0.05) is 74.3 Å². The van der Waals surface area contributed by atoms with Gasteiger partial charge in [-0.2, -0.15) is 0 Å². The molecule has 5 aromatic carbocycles. The zero-order valence-corrected chi connectivity index (χ0v) is 75.5. The molecule has 0 aromatic heterocycles. The lowest BCUT2D eigenvalue weighted by molar-refractivity contribution is -0.159. The SMILES string of the molecule is C[C@@H]1CN2c3cc(CN)ccc3CC3(C(=O)CC(=O)NC3=O)[C@H]2[C@H](C)O1.C[C@@H]1CN2c3ccc(CCCN)cc3CC3(C(=O)CC(=O)NC3=O)[C@H]2[C@H](C)O1.C[C@@H]1CN2c3ccc(CN)cc3CC3(C(=O)CC(=O)NC3=O)[C@H]2[C@H](C)O1.[C-]#[N+]c1ccc2c(c1)CC1(C(=O)CC(=O)NC1=O)[C@H]1[C@H](C)O[C@H](C)CN21.[C-]#[N+]c1ccc2c(c1)N1C[C@@H](C)O[C@@H](C)[C@@H]1C1(C2)C(=O)CC(=O)NC1=O. The number of nitrogens with one attached hydrogen (secondary N) is 5. The molecule has 0 bridgehead atoms. The van der Waals surface area contributed by atoms with Crippen LogP contribution in [0.3, 0.4) is 0 Å². The topological polar surface area (TPSA) is 465 Å². The largest absolute Gasteiger partial charge is 0.372 e. The van der Waals surface area contributed by atoms with Gasteiger partial charge in [0.2, 0.25) is 59.1 Å². The molecule has 35 heteroatoms. The third-order valence-electron chi connectivity index (χ3n) is 29.2. The van der Waals surface area contributed by atoms with Crippen LogP contribution in [0.25, 0.3) is 9.69 Å². The van der Waals surface area contributed by atoms with Crippen molar-refractivity contribution >= 4 is 128 Å². The number of piperidine rings is 5. The third-order valence-corrected chi connectivity index (χ3v) is 29.2. The number of carbonyl (C=O) groups is 15. The summed E-state index contributed by atoms with van der Waals surface area (Å²) < 4.78 is 29.9. The van der Waals surface area contributed by atoms with E-state index in [1.165, 1.54) is 0 Å². The summed E-state index contributed by atoms with van der Waals surface area (Å²) in [5, 5.41) is 11.9. The Morgan fingerprint density at radius 2 is 0.568 bits per heavy atom. The van der Waals surface area contributed by atoms with Gasteiger partial charge in [-0.3, -0.25) is 98.5 Å². The maximum atomic E-state index is 13.2. The molecular formula is C97H111N15O20. The number of nitrogens with zero attached hydrogens (tertiary/aromatic N) is 7. The Bertz CT molecular complexity index is 5700. The second-order valence-electron chi connectivity index (χ2n) is 37.9. The molecule has 0 aliphatic carbocycles. The van der Waals surface area contributed by atoms with Gasteiger partial charge in [-0.05, 0) is 196 Å². The van der Waals surface area contributed by atoms with Crippen LogP contribution in [0.1, 0.15) is 152 Å². The summed E-state index contributed by atoms with van der Waals surface area (Å²) in [6, 6.07) is 26.5. The molecule has 0 saturated carbocycles. The minimum absolute atomic E-state index is 0.0189. The highest BCUT2D eigenvalue weighted by atomic mass is 16.5. The lowest BCUT2D eigenvalue weighted by Crippen LogP contribution is -2.72. The first kappa shape index (κ1) is 93.1. The predicted molar refractivity (Wildman–Crippen MR) is 478 cm³/mol. The molecule has 15 aliphatic heterocycles. The summed E-state index contributed by atoms with van der Waals surface area (Å²) in [5.74, 6) is -6.98. The van der Waals surface area contributed by atoms with E-state index in [1.54, 1.807) is 18.2 Å². The number of benzene rings is 5. The molecule has 5 unspecified atom stereocenters. The average Bonchev–Trinajstić information content (AvgIpc) is 0.730. The molecule has 5 spiro atoms. The maximum absolute atomic E-state index is 13.2.